The fourth-order valence-corrected chi connectivity index (χ4v) is 4.54. The molecule has 2 rings (SSSR count). The molecule has 5 atom stereocenters. The van der Waals surface area contributed by atoms with Crippen LogP contribution in [0.2, 0.25) is 5.02 Å². The lowest BCUT2D eigenvalue weighted by Crippen LogP contribution is -2.58. The lowest BCUT2D eigenvalue weighted by molar-refractivity contribution is -0.268. The number of unbranched alkanes of at least 4 members (excludes halogenated alkanes) is 4. The summed E-state index contributed by atoms with van der Waals surface area (Å²) < 4.78 is 32.3. The number of rotatable bonds is 19. The number of hydrogen-bond acceptors (Lipinski definition) is 6. The standard InChI is InChI=1S/C29H49ClO6/c1-5-9-15-32-21-25-27(33-16-10-6-2)29(35-18-12-8-4)28(34-17-11-7-3)26(36-25)23-19-22(20-31)13-14-24(23)30/h13-14,19,25-29,31H,5-12,15-18,20-21H2,1-4H3/t25-,26+,27-,28+,29+/m1/s1. The molecule has 1 N–H and O–H groups in total. The van der Waals surface area contributed by atoms with Crippen molar-refractivity contribution in [2.75, 3.05) is 33.0 Å². The van der Waals surface area contributed by atoms with Crippen LogP contribution in [0.25, 0.3) is 0 Å². The van der Waals surface area contributed by atoms with E-state index in [0.29, 0.717) is 38.1 Å². The van der Waals surface area contributed by atoms with Gasteiger partial charge in [0.05, 0.1) is 13.2 Å². The van der Waals surface area contributed by atoms with Gasteiger partial charge in [-0.3, -0.25) is 0 Å². The van der Waals surface area contributed by atoms with E-state index in [2.05, 4.69) is 27.7 Å². The van der Waals surface area contributed by atoms with Gasteiger partial charge in [0.15, 0.2) is 0 Å². The Kier molecular flexibility index (Phi) is 16.2. The van der Waals surface area contributed by atoms with Gasteiger partial charge in [0.25, 0.3) is 0 Å². The van der Waals surface area contributed by atoms with Crippen LogP contribution in [0.4, 0.5) is 0 Å². The van der Waals surface area contributed by atoms with Crippen LogP contribution in [0, 0.1) is 0 Å². The molecule has 0 aliphatic carbocycles. The Morgan fingerprint density at radius 1 is 0.778 bits per heavy atom. The average molecular weight is 529 g/mol. The Labute approximate surface area is 223 Å². The van der Waals surface area contributed by atoms with E-state index < -0.39 is 12.2 Å². The molecular weight excluding hydrogens is 480 g/mol. The van der Waals surface area contributed by atoms with Gasteiger partial charge in [0, 0.05) is 37.0 Å². The first-order chi connectivity index (χ1) is 17.6. The van der Waals surface area contributed by atoms with E-state index in [-0.39, 0.29) is 24.9 Å². The van der Waals surface area contributed by atoms with Gasteiger partial charge in [-0.2, -0.15) is 0 Å². The van der Waals surface area contributed by atoms with Crippen molar-refractivity contribution in [2.24, 2.45) is 0 Å². The van der Waals surface area contributed by atoms with Crippen LogP contribution in [0.5, 0.6) is 0 Å². The van der Waals surface area contributed by atoms with E-state index in [1.807, 2.05) is 18.2 Å². The second kappa shape index (κ2) is 18.5. The van der Waals surface area contributed by atoms with Crippen molar-refractivity contribution >= 4 is 11.6 Å². The van der Waals surface area contributed by atoms with Crippen molar-refractivity contribution in [3.63, 3.8) is 0 Å². The molecule has 0 radical (unpaired) electrons. The monoisotopic (exact) mass is 528 g/mol. The van der Waals surface area contributed by atoms with Gasteiger partial charge < -0.3 is 28.8 Å². The van der Waals surface area contributed by atoms with Crippen LogP contribution in [-0.2, 0) is 30.3 Å². The molecule has 36 heavy (non-hydrogen) atoms. The number of ether oxygens (including phenoxy) is 5. The summed E-state index contributed by atoms with van der Waals surface area (Å²) in [7, 11) is 0. The molecule has 0 bridgehead atoms. The van der Waals surface area contributed by atoms with Gasteiger partial charge in [-0.05, 0) is 43.4 Å². The summed E-state index contributed by atoms with van der Waals surface area (Å²) in [4.78, 5) is 0. The van der Waals surface area contributed by atoms with Gasteiger partial charge in [0.1, 0.15) is 30.5 Å². The van der Waals surface area contributed by atoms with Crippen molar-refractivity contribution in [2.45, 2.75) is 116 Å². The normalized spacial score (nSPS) is 24.3. The molecule has 1 saturated heterocycles. The summed E-state index contributed by atoms with van der Waals surface area (Å²) in [6, 6.07) is 5.57. The zero-order chi connectivity index (χ0) is 26.2. The van der Waals surface area contributed by atoms with E-state index in [4.69, 9.17) is 35.3 Å². The van der Waals surface area contributed by atoms with E-state index in [0.717, 1.165) is 62.5 Å². The topological polar surface area (TPSA) is 66.4 Å². The van der Waals surface area contributed by atoms with Gasteiger partial charge in [-0.25, -0.2) is 0 Å². The SMILES string of the molecule is CCCCOC[C@H]1O[C@@H](c2cc(CO)ccc2Cl)[C@H](OCCCC)[C@@H](OCCCC)[C@@H]1OCCCC. The number of halogens is 1. The molecule has 0 amide bonds. The maximum Gasteiger partial charge on any atom is 0.117 e. The Hall–Kier alpha value is -0.730. The molecule has 1 aromatic rings. The molecule has 1 heterocycles. The van der Waals surface area contributed by atoms with Crippen LogP contribution in [-0.4, -0.2) is 62.6 Å². The minimum absolute atomic E-state index is 0.0685. The fraction of sp³-hybridized carbons (Fsp3) is 0.793. The van der Waals surface area contributed by atoms with E-state index in [9.17, 15) is 5.11 Å². The van der Waals surface area contributed by atoms with Crippen LogP contribution >= 0.6 is 11.6 Å². The Morgan fingerprint density at radius 3 is 1.92 bits per heavy atom. The highest BCUT2D eigenvalue weighted by Crippen LogP contribution is 2.40. The lowest BCUT2D eigenvalue weighted by Gasteiger charge is -2.46. The number of aliphatic hydroxyl groups excluding tert-OH is 1. The third kappa shape index (κ3) is 9.86. The van der Waals surface area contributed by atoms with Crippen molar-refractivity contribution in [3.8, 4) is 0 Å². The predicted molar refractivity (Wildman–Crippen MR) is 145 cm³/mol. The van der Waals surface area contributed by atoms with Gasteiger partial charge >= 0.3 is 0 Å². The van der Waals surface area contributed by atoms with Crippen molar-refractivity contribution in [3.05, 3.63) is 34.3 Å². The van der Waals surface area contributed by atoms with Gasteiger partial charge in [-0.15, -0.1) is 0 Å². The fourth-order valence-electron chi connectivity index (χ4n) is 4.32. The molecule has 208 valence electrons. The summed E-state index contributed by atoms with van der Waals surface area (Å²) >= 11 is 6.70. The molecule has 1 fully saturated rings. The Bertz CT molecular complexity index is 702. The maximum atomic E-state index is 9.79. The van der Waals surface area contributed by atoms with Crippen molar-refractivity contribution in [1.29, 1.82) is 0 Å². The summed E-state index contributed by atoms with van der Waals surface area (Å²) in [5, 5.41) is 10.4. The summed E-state index contributed by atoms with van der Waals surface area (Å²) in [5.41, 5.74) is 1.59. The van der Waals surface area contributed by atoms with Crippen LogP contribution < -0.4 is 0 Å². The highest BCUT2D eigenvalue weighted by atomic mass is 35.5. The van der Waals surface area contributed by atoms with E-state index in [1.54, 1.807) is 0 Å². The second-order valence-electron chi connectivity index (χ2n) is 9.60. The molecule has 1 aliphatic heterocycles. The summed E-state index contributed by atoms with van der Waals surface area (Å²) in [6.07, 6.45) is 6.28. The summed E-state index contributed by atoms with van der Waals surface area (Å²) in [6.45, 7) is 11.5. The molecule has 7 heteroatoms. The zero-order valence-electron chi connectivity index (χ0n) is 22.9. The largest absolute Gasteiger partial charge is 0.392 e. The number of aliphatic hydroxyl groups is 1. The molecule has 0 spiro atoms. The van der Waals surface area contributed by atoms with E-state index in [1.165, 1.54) is 0 Å². The highest BCUT2D eigenvalue weighted by Gasteiger charge is 2.49. The number of hydrogen-bond donors (Lipinski definition) is 1. The molecule has 1 aliphatic rings. The number of benzene rings is 1. The van der Waals surface area contributed by atoms with E-state index >= 15 is 0 Å². The first kappa shape index (κ1) is 31.5. The first-order valence-corrected chi connectivity index (χ1v) is 14.5. The molecule has 6 nitrogen and oxygen atoms in total. The van der Waals surface area contributed by atoms with Gasteiger partial charge in [0.2, 0.25) is 0 Å². The third-order valence-electron chi connectivity index (χ3n) is 6.53. The molecule has 0 unspecified atom stereocenters. The molecule has 0 aromatic heterocycles. The second-order valence-corrected chi connectivity index (χ2v) is 10.0. The van der Waals surface area contributed by atoms with Crippen molar-refractivity contribution < 1.29 is 28.8 Å². The first-order valence-electron chi connectivity index (χ1n) is 14.1. The Morgan fingerprint density at radius 2 is 1.33 bits per heavy atom. The van der Waals surface area contributed by atoms with Gasteiger partial charge in [-0.1, -0.05) is 71.0 Å². The lowest BCUT2D eigenvalue weighted by atomic mass is 9.89. The van der Waals surface area contributed by atoms with Crippen LogP contribution in [0.1, 0.15) is 96.3 Å². The minimum atomic E-state index is -0.460. The summed E-state index contributed by atoms with van der Waals surface area (Å²) in [5.74, 6) is 0. The quantitative estimate of drug-likeness (QED) is 0.203. The van der Waals surface area contributed by atoms with Crippen molar-refractivity contribution in [1.82, 2.24) is 0 Å². The van der Waals surface area contributed by atoms with Crippen LogP contribution in [0.3, 0.4) is 0 Å². The maximum absolute atomic E-state index is 9.79. The predicted octanol–water partition coefficient (Wildman–Crippen LogP) is 6.64. The Balaban J connectivity index is 2.44. The molecule has 1 aromatic carbocycles. The third-order valence-corrected chi connectivity index (χ3v) is 6.88. The average Bonchev–Trinajstić information content (AvgIpc) is 2.89. The zero-order valence-corrected chi connectivity index (χ0v) is 23.6. The molecule has 0 saturated carbocycles. The smallest absolute Gasteiger partial charge is 0.117 e. The highest BCUT2D eigenvalue weighted by molar-refractivity contribution is 6.31. The van der Waals surface area contributed by atoms with Crippen LogP contribution in [0.15, 0.2) is 18.2 Å². The molecular formula is C29H49ClO6. The minimum Gasteiger partial charge on any atom is -0.392 e.